The lowest BCUT2D eigenvalue weighted by molar-refractivity contribution is -0.123. The normalized spacial score (nSPS) is 13.2. The van der Waals surface area contributed by atoms with E-state index in [9.17, 15) is 15.0 Å². The third kappa shape index (κ3) is 55.0. The second-order valence-corrected chi connectivity index (χ2v) is 20.7. The largest absolute Gasteiger partial charge is 0.394 e. The number of amides is 1. The average molecular weight is 951 g/mol. The van der Waals surface area contributed by atoms with Gasteiger partial charge in [-0.2, -0.15) is 0 Å². The molecule has 0 fully saturated rings. The Balaban J connectivity index is 3.42. The molecule has 4 nitrogen and oxygen atoms in total. The second kappa shape index (κ2) is 59.4. The minimum Gasteiger partial charge on any atom is -0.394 e. The summed E-state index contributed by atoms with van der Waals surface area (Å²) in [6, 6.07) is -0.622. The summed E-state index contributed by atoms with van der Waals surface area (Å²) in [6.07, 6.45) is 84.1. The van der Waals surface area contributed by atoms with Crippen LogP contribution in [0.15, 0.2) is 60.8 Å². The molecular weight excluding hydrogens is 831 g/mol. The molecule has 0 bridgehead atoms. The molecule has 0 heterocycles. The second-order valence-electron chi connectivity index (χ2n) is 20.7. The lowest BCUT2D eigenvalue weighted by atomic mass is 10.0. The van der Waals surface area contributed by atoms with Gasteiger partial charge in [0, 0.05) is 6.42 Å². The topological polar surface area (TPSA) is 69.6 Å². The van der Waals surface area contributed by atoms with Gasteiger partial charge in [0.15, 0.2) is 0 Å². The number of hydrogen-bond acceptors (Lipinski definition) is 3. The van der Waals surface area contributed by atoms with Crippen LogP contribution in [0.1, 0.15) is 322 Å². The minimum absolute atomic E-state index is 0.0584. The van der Waals surface area contributed by atoms with Crippen LogP contribution in [0.4, 0.5) is 0 Å². The van der Waals surface area contributed by atoms with E-state index in [-0.39, 0.29) is 12.5 Å². The van der Waals surface area contributed by atoms with Crippen molar-refractivity contribution >= 4 is 5.91 Å². The lowest BCUT2D eigenvalue weighted by Crippen LogP contribution is -2.45. The lowest BCUT2D eigenvalue weighted by Gasteiger charge is -2.20. The highest BCUT2D eigenvalue weighted by Gasteiger charge is 2.18. The maximum atomic E-state index is 12.5. The van der Waals surface area contributed by atoms with Crippen LogP contribution in [0.5, 0.6) is 0 Å². The quantitative estimate of drug-likeness (QED) is 0.0420. The Bertz CT molecular complexity index is 1120. The first-order chi connectivity index (χ1) is 33.7. The number of nitrogens with one attached hydrogen (secondary N) is 1. The summed E-state index contributed by atoms with van der Waals surface area (Å²) in [5.74, 6) is -0.0584. The average Bonchev–Trinajstić information content (AvgIpc) is 3.34. The Morgan fingerprint density at radius 3 is 0.971 bits per heavy atom. The molecule has 0 aliphatic heterocycles. The van der Waals surface area contributed by atoms with Crippen molar-refractivity contribution in [2.45, 2.75) is 334 Å². The maximum absolute atomic E-state index is 12.5. The van der Waals surface area contributed by atoms with E-state index in [0.29, 0.717) is 6.42 Å². The highest BCUT2D eigenvalue weighted by molar-refractivity contribution is 5.76. The molecule has 0 aromatic rings. The van der Waals surface area contributed by atoms with E-state index in [1.807, 2.05) is 6.08 Å². The van der Waals surface area contributed by atoms with E-state index in [4.69, 9.17) is 0 Å². The van der Waals surface area contributed by atoms with E-state index >= 15 is 0 Å². The van der Waals surface area contributed by atoms with Gasteiger partial charge in [-0.05, 0) is 57.8 Å². The van der Waals surface area contributed by atoms with Gasteiger partial charge in [0.25, 0.3) is 0 Å². The molecule has 68 heavy (non-hydrogen) atoms. The summed E-state index contributed by atoms with van der Waals surface area (Å²) in [5, 5.41) is 23.2. The third-order valence-electron chi connectivity index (χ3n) is 14.0. The Labute approximate surface area is 426 Å². The molecule has 4 heteroatoms. The van der Waals surface area contributed by atoms with E-state index in [1.165, 1.54) is 250 Å². The monoisotopic (exact) mass is 950 g/mol. The first-order valence-corrected chi connectivity index (χ1v) is 30.5. The molecule has 0 saturated carbocycles. The number of hydrogen-bond donors (Lipinski definition) is 3. The van der Waals surface area contributed by atoms with Crippen molar-refractivity contribution in [2.24, 2.45) is 0 Å². The summed E-state index contributed by atoms with van der Waals surface area (Å²) < 4.78 is 0. The zero-order valence-electron chi connectivity index (χ0n) is 45.9. The van der Waals surface area contributed by atoms with Crippen LogP contribution in [0.25, 0.3) is 0 Å². The smallest absolute Gasteiger partial charge is 0.220 e. The highest BCUT2D eigenvalue weighted by atomic mass is 16.3. The number of aliphatic hydroxyl groups excluding tert-OH is 2. The zero-order valence-corrected chi connectivity index (χ0v) is 45.9. The van der Waals surface area contributed by atoms with Gasteiger partial charge >= 0.3 is 0 Å². The summed E-state index contributed by atoms with van der Waals surface area (Å²) in [4.78, 5) is 12.5. The Hall–Kier alpha value is -1.91. The minimum atomic E-state index is -0.839. The van der Waals surface area contributed by atoms with Crippen LogP contribution >= 0.6 is 0 Å². The zero-order chi connectivity index (χ0) is 49.2. The van der Waals surface area contributed by atoms with Crippen molar-refractivity contribution in [3.05, 3.63) is 60.8 Å². The van der Waals surface area contributed by atoms with Gasteiger partial charge < -0.3 is 15.5 Å². The van der Waals surface area contributed by atoms with E-state index < -0.39 is 12.1 Å². The molecule has 2 unspecified atom stereocenters. The predicted octanol–water partition coefficient (Wildman–Crippen LogP) is 20.4. The molecule has 0 aromatic carbocycles. The Kier molecular flexibility index (Phi) is 57.7. The van der Waals surface area contributed by atoms with Gasteiger partial charge in [-0.3, -0.25) is 4.79 Å². The van der Waals surface area contributed by atoms with Crippen LogP contribution in [0, 0.1) is 0 Å². The van der Waals surface area contributed by atoms with Crippen LogP contribution in [-0.2, 0) is 4.79 Å². The maximum Gasteiger partial charge on any atom is 0.220 e. The molecule has 3 N–H and O–H groups in total. The van der Waals surface area contributed by atoms with Crippen molar-refractivity contribution in [3.8, 4) is 0 Å². The Morgan fingerprint density at radius 1 is 0.368 bits per heavy atom. The number of allylic oxidation sites excluding steroid dienone is 9. The summed E-state index contributed by atoms with van der Waals surface area (Å²) in [7, 11) is 0. The van der Waals surface area contributed by atoms with Crippen molar-refractivity contribution in [1.29, 1.82) is 0 Å². The fourth-order valence-electron chi connectivity index (χ4n) is 9.41. The summed E-state index contributed by atoms with van der Waals surface area (Å²) in [6.45, 7) is 4.22. The van der Waals surface area contributed by atoms with E-state index in [1.54, 1.807) is 6.08 Å². The van der Waals surface area contributed by atoms with Crippen molar-refractivity contribution < 1.29 is 15.0 Å². The molecule has 0 aromatic heterocycles. The first-order valence-electron chi connectivity index (χ1n) is 30.5. The molecule has 0 rings (SSSR count). The van der Waals surface area contributed by atoms with E-state index in [0.717, 1.165) is 51.4 Å². The van der Waals surface area contributed by atoms with Gasteiger partial charge in [0.1, 0.15) is 0 Å². The van der Waals surface area contributed by atoms with Crippen molar-refractivity contribution in [1.82, 2.24) is 5.32 Å². The molecule has 398 valence electrons. The van der Waals surface area contributed by atoms with Crippen molar-refractivity contribution in [2.75, 3.05) is 6.61 Å². The molecule has 0 aliphatic carbocycles. The predicted molar refractivity (Wildman–Crippen MR) is 304 cm³/mol. The van der Waals surface area contributed by atoms with Gasteiger partial charge in [-0.25, -0.2) is 0 Å². The molecule has 1 amide bonds. The molecule has 2 atom stereocenters. The Morgan fingerprint density at radius 2 is 0.647 bits per heavy atom. The first kappa shape index (κ1) is 66.1. The van der Waals surface area contributed by atoms with E-state index in [2.05, 4.69) is 67.8 Å². The van der Waals surface area contributed by atoms with Gasteiger partial charge in [-0.1, -0.05) is 319 Å². The number of carbonyl (C=O) groups excluding carboxylic acids is 1. The van der Waals surface area contributed by atoms with Crippen LogP contribution in [0.3, 0.4) is 0 Å². The summed E-state index contributed by atoms with van der Waals surface area (Å²) >= 11 is 0. The van der Waals surface area contributed by atoms with Gasteiger partial charge in [0.05, 0.1) is 18.8 Å². The van der Waals surface area contributed by atoms with Crippen LogP contribution in [-0.4, -0.2) is 34.9 Å². The molecule has 0 saturated heterocycles. The molecule has 0 radical (unpaired) electrons. The van der Waals surface area contributed by atoms with Crippen LogP contribution in [0.2, 0.25) is 0 Å². The van der Waals surface area contributed by atoms with Crippen LogP contribution < -0.4 is 5.32 Å². The number of carbonyl (C=O) groups is 1. The SMILES string of the molecule is CC/C=C\C/C=C\C/C=C\C/C=C\CCCCCCCCCCCCCCCCCCCCCCCCCCC(=O)NC(CO)C(O)/C=C/CCCCCCCCCCCCCCCCCCC. The fraction of sp³-hybridized carbons (Fsp3) is 0.828. The molecule has 0 spiro atoms. The van der Waals surface area contributed by atoms with Crippen molar-refractivity contribution in [3.63, 3.8) is 0 Å². The van der Waals surface area contributed by atoms with Gasteiger partial charge in [0.2, 0.25) is 5.91 Å². The standard InChI is InChI=1S/C64H119NO3/c1-3-5-7-9-11-13-15-17-19-21-23-24-25-26-27-28-29-30-31-32-33-34-35-36-37-38-39-40-42-44-46-48-50-52-54-56-58-60-64(68)65-62(61-66)63(67)59-57-55-53-51-49-47-45-43-41-22-20-18-16-14-12-10-8-6-4-2/h5,7,11,13,17,19,23-24,57,59,62-63,66-67H,3-4,6,8-10,12,14-16,18,20-22,25-56,58,60-61H2,1-2H3,(H,65,68)/b7-5-,13-11-,19-17-,24-23-,59-57+. The molecular formula is C64H119NO3. The summed E-state index contributed by atoms with van der Waals surface area (Å²) in [5.41, 5.74) is 0. The third-order valence-corrected chi connectivity index (χ3v) is 14.0. The number of unbranched alkanes of at least 4 members (excludes halogenated alkanes) is 41. The number of rotatable bonds is 56. The molecule has 0 aliphatic rings. The number of aliphatic hydroxyl groups is 2. The van der Waals surface area contributed by atoms with Gasteiger partial charge in [-0.15, -0.1) is 0 Å². The fourth-order valence-corrected chi connectivity index (χ4v) is 9.41. The highest BCUT2D eigenvalue weighted by Crippen LogP contribution is 2.18.